The molecule has 2 unspecified atom stereocenters. The number of halogens is 3. The SMILES string of the molecule is NC(=O)c1nn(CC(=O)N2CC(F)CC2C(=O)Nc2cccn(C(F)F)c2=O)c2ccc(-c3ccnnc3)cc12. The van der Waals surface area contributed by atoms with E-state index in [4.69, 9.17) is 5.73 Å². The number of rotatable bonds is 7. The van der Waals surface area contributed by atoms with Crippen LogP contribution >= 0.6 is 0 Å². The number of likely N-dealkylation sites (tertiary alicyclic amines) is 1. The number of nitrogens with two attached hydrogens (primary N) is 1. The minimum atomic E-state index is -3.13. The van der Waals surface area contributed by atoms with Crippen LogP contribution in [0.1, 0.15) is 23.5 Å². The van der Waals surface area contributed by atoms with Gasteiger partial charge < -0.3 is 16.0 Å². The van der Waals surface area contributed by atoms with E-state index in [1.165, 1.54) is 17.1 Å². The lowest BCUT2D eigenvalue weighted by Crippen LogP contribution is -2.45. The van der Waals surface area contributed by atoms with Crippen molar-refractivity contribution in [1.29, 1.82) is 0 Å². The highest BCUT2D eigenvalue weighted by Gasteiger charge is 2.40. The van der Waals surface area contributed by atoms with Crippen molar-refractivity contribution in [3.8, 4) is 11.1 Å². The number of amides is 3. The van der Waals surface area contributed by atoms with E-state index in [2.05, 4.69) is 20.6 Å². The summed E-state index contributed by atoms with van der Waals surface area (Å²) in [5, 5.41) is 14.3. The molecule has 206 valence electrons. The molecular weight excluding hydrogens is 533 g/mol. The lowest BCUT2D eigenvalue weighted by atomic mass is 10.0. The number of anilines is 1. The second-order valence-electron chi connectivity index (χ2n) is 9.03. The van der Waals surface area contributed by atoms with Crippen LogP contribution in [0.15, 0.2) is 59.8 Å². The Morgan fingerprint density at radius 1 is 1.12 bits per heavy atom. The number of hydrogen-bond acceptors (Lipinski definition) is 7. The van der Waals surface area contributed by atoms with Gasteiger partial charge in [0.15, 0.2) is 5.69 Å². The fourth-order valence-corrected chi connectivity index (χ4v) is 4.63. The quantitative estimate of drug-likeness (QED) is 0.352. The van der Waals surface area contributed by atoms with Gasteiger partial charge in [0.2, 0.25) is 11.8 Å². The van der Waals surface area contributed by atoms with E-state index in [-0.39, 0.29) is 16.7 Å². The molecule has 12 nitrogen and oxygen atoms in total. The molecule has 1 fully saturated rings. The molecule has 3 N–H and O–H groups in total. The molecule has 4 aromatic rings. The van der Waals surface area contributed by atoms with E-state index >= 15 is 0 Å². The topological polar surface area (TPSA) is 158 Å². The van der Waals surface area contributed by atoms with Gasteiger partial charge in [0.25, 0.3) is 11.5 Å². The zero-order chi connectivity index (χ0) is 28.6. The number of hydrogen-bond donors (Lipinski definition) is 2. The summed E-state index contributed by atoms with van der Waals surface area (Å²) in [4.78, 5) is 51.6. The van der Waals surface area contributed by atoms with Crippen LogP contribution in [-0.4, -0.2) is 65.9 Å². The number of benzene rings is 1. The predicted octanol–water partition coefficient (Wildman–Crippen LogP) is 1.73. The zero-order valence-corrected chi connectivity index (χ0v) is 20.6. The highest BCUT2D eigenvalue weighted by atomic mass is 19.3. The number of alkyl halides is 3. The summed E-state index contributed by atoms with van der Waals surface area (Å²) >= 11 is 0. The van der Waals surface area contributed by atoms with Gasteiger partial charge >= 0.3 is 6.55 Å². The van der Waals surface area contributed by atoms with Crippen molar-refractivity contribution in [2.75, 3.05) is 11.9 Å². The lowest BCUT2D eigenvalue weighted by molar-refractivity contribution is -0.137. The van der Waals surface area contributed by atoms with Gasteiger partial charge in [-0.2, -0.15) is 24.1 Å². The summed E-state index contributed by atoms with van der Waals surface area (Å²) in [7, 11) is 0. The van der Waals surface area contributed by atoms with Gasteiger partial charge in [0.05, 0.1) is 24.5 Å². The van der Waals surface area contributed by atoms with Crippen LogP contribution in [0.25, 0.3) is 22.0 Å². The van der Waals surface area contributed by atoms with E-state index in [0.29, 0.717) is 16.5 Å². The molecule has 0 spiro atoms. The van der Waals surface area contributed by atoms with Crippen LogP contribution in [0.2, 0.25) is 0 Å². The maximum Gasteiger partial charge on any atom is 0.321 e. The Labute approximate surface area is 223 Å². The molecule has 0 radical (unpaired) electrons. The molecule has 0 bridgehead atoms. The van der Waals surface area contributed by atoms with Crippen LogP contribution in [-0.2, 0) is 16.1 Å². The second-order valence-corrected chi connectivity index (χ2v) is 9.03. The summed E-state index contributed by atoms with van der Waals surface area (Å²) in [5.41, 5.74) is 5.64. The first-order valence-corrected chi connectivity index (χ1v) is 11.9. The molecule has 1 aromatic carbocycles. The van der Waals surface area contributed by atoms with Crippen molar-refractivity contribution in [2.24, 2.45) is 5.73 Å². The average molecular weight is 554 g/mol. The minimum absolute atomic E-state index is 0.0925. The van der Waals surface area contributed by atoms with Crippen molar-refractivity contribution < 1.29 is 27.6 Å². The highest BCUT2D eigenvalue weighted by molar-refractivity contribution is 6.05. The Kier molecular flexibility index (Phi) is 7.02. The number of aromatic nitrogens is 5. The van der Waals surface area contributed by atoms with Gasteiger partial charge in [-0.3, -0.25) is 28.4 Å². The standard InChI is InChI=1S/C25H21F3N8O4/c26-15-9-19(23(39)32-17-2-1-7-34(24(17)40)25(27)28)35(11-15)20(37)12-36-18-4-3-13(14-5-6-30-31-10-14)8-16(18)21(33-36)22(29)38/h1-8,10,15,19,25H,9,11-12H2,(H2,29,38)(H,32,39). The predicted molar refractivity (Wildman–Crippen MR) is 135 cm³/mol. The largest absolute Gasteiger partial charge is 0.364 e. The Bertz CT molecular complexity index is 1670. The van der Waals surface area contributed by atoms with Gasteiger partial charge in [0, 0.05) is 23.6 Å². The lowest BCUT2D eigenvalue weighted by Gasteiger charge is -2.23. The van der Waals surface area contributed by atoms with E-state index in [1.807, 2.05) is 0 Å². The van der Waals surface area contributed by atoms with Crippen molar-refractivity contribution in [1.82, 2.24) is 29.4 Å². The van der Waals surface area contributed by atoms with Gasteiger partial charge in [-0.15, -0.1) is 0 Å². The van der Waals surface area contributed by atoms with E-state index in [0.717, 1.165) is 28.8 Å². The van der Waals surface area contributed by atoms with Crippen molar-refractivity contribution in [2.45, 2.75) is 31.7 Å². The van der Waals surface area contributed by atoms with Gasteiger partial charge in [-0.25, -0.2) is 4.39 Å². The second kappa shape index (κ2) is 10.6. The number of carbonyl (C=O) groups is 3. The molecule has 15 heteroatoms. The third-order valence-electron chi connectivity index (χ3n) is 6.50. The maximum absolute atomic E-state index is 14.4. The first kappa shape index (κ1) is 26.5. The first-order valence-electron chi connectivity index (χ1n) is 11.9. The number of nitrogens with zero attached hydrogens (tertiary/aromatic N) is 6. The number of pyridine rings is 1. The Morgan fingerprint density at radius 2 is 1.93 bits per heavy atom. The summed E-state index contributed by atoms with van der Waals surface area (Å²) in [5.74, 6) is -2.43. The summed E-state index contributed by atoms with van der Waals surface area (Å²) in [6, 6.07) is 7.70. The summed E-state index contributed by atoms with van der Waals surface area (Å²) in [6.45, 7) is -4.00. The van der Waals surface area contributed by atoms with E-state index < -0.39 is 60.8 Å². The molecule has 1 aliphatic rings. The molecule has 3 amide bonds. The van der Waals surface area contributed by atoms with Crippen molar-refractivity contribution in [3.63, 3.8) is 0 Å². The summed E-state index contributed by atoms with van der Waals surface area (Å²) in [6.07, 6.45) is 1.99. The zero-order valence-electron chi connectivity index (χ0n) is 20.6. The highest BCUT2D eigenvalue weighted by Crippen LogP contribution is 2.27. The number of fused-ring (bicyclic) bond motifs is 1. The van der Waals surface area contributed by atoms with Crippen molar-refractivity contribution >= 4 is 34.3 Å². The molecular formula is C25H21F3N8O4. The van der Waals surface area contributed by atoms with Crippen LogP contribution < -0.4 is 16.6 Å². The van der Waals surface area contributed by atoms with Crippen LogP contribution in [0.4, 0.5) is 18.9 Å². The van der Waals surface area contributed by atoms with Gasteiger partial charge in [0.1, 0.15) is 24.4 Å². The molecule has 2 atom stereocenters. The van der Waals surface area contributed by atoms with Crippen LogP contribution in [0, 0.1) is 0 Å². The summed E-state index contributed by atoms with van der Waals surface area (Å²) < 4.78 is 41.9. The molecule has 5 rings (SSSR count). The van der Waals surface area contributed by atoms with Gasteiger partial charge in [-0.1, -0.05) is 6.07 Å². The smallest absolute Gasteiger partial charge is 0.321 e. The minimum Gasteiger partial charge on any atom is -0.364 e. The molecule has 4 heterocycles. The Balaban J connectivity index is 1.40. The number of carbonyl (C=O) groups excluding carboxylic acids is 3. The molecule has 3 aromatic heterocycles. The first-order chi connectivity index (χ1) is 19.1. The van der Waals surface area contributed by atoms with E-state index in [9.17, 15) is 32.3 Å². The van der Waals surface area contributed by atoms with Crippen molar-refractivity contribution in [3.05, 3.63) is 71.0 Å². The third kappa shape index (κ3) is 5.00. The molecule has 0 saturated carbocycles. The number of primary amides is 1. The van der Waals surface area contributed by atoms with E-state index in [1.54, 1.807) is 24.3 Å². The molecule has 0 aliphatic carbocycles. The molecule has 1 saturated heterocycles. The fourth-order valence-electron chi connectivity index (χ4n) is 4.63. The normalized spacial score (nSPS) is 16.9. The molecule has 40 heavy (non-hydrogen) atoms. The van der Waals surface area contributed by atoms with Crippen LogP contribution in [0.5, 0.6) is 0 Å². The average Bonchev–Trinajstić information content (AvgIpc) is 3.50. The third-order valence-corrected chi connectivity index (χ3v) is 6.50. The maximum atomic E-state index is 14.4. The van der Waals surface area contributed by atoms with Crippen LogP contribution in [0.3, 0.4) is 0 Å². The number of nitrogens with one attached hydrogen (secondary N) is 1. The monoisotopic (exact) mass is 554 g/mol. The fraction of sp³-hybridized carbons (Fsp3) is 0.240. The Morgan fingerprint density at radius 3 is 2.62 bits per heavy atom. The Hall–Kier alpha value is -5.08. The van der Waals surface area contributed by atoms with Gasteiger partial charge in [-0.05, 0) is 35.9 Å². The molecule has 1 aliphatic heterocycles.